The minimum absolute atomic E-state index is 0.388. The monoisotopic (exact) mass is 297 g/mol. The van der Waals surface area contributed by atoms with Crippen molar-refractivity contribution in [2.24, 2.45) is 0 Å². The number of aromatic nitrogens is 1. The molecule has 0 aliphatic carbocycles. The minimum atomic E-state index is -0.388. The van der Waals surface area contributed by atoms with Crippen molar-refractivity contribution in [3.05, 3.63) is 57.8 Å². The summed E-state index contributed by atoms with van der Waals surface area (Å²) in [5.41, 5.74) is 1.92. The van der Waals surface area contributed by atoms with E-state index in [9.17, 15) is 5.11 Å². The summed E-state index contributed by atoms with van der Waals surface area (Å²) in [5.74, 6) is 0. The molecule has 4 heteroatoms. The Labute approximate surface area is 123 Å². The summed E-state index contributed by atoms with van der Waals surface area (Å²) in [7, 11) is 0. The van der Waals surface area contributed by atoms with E-state index in [0.29, 0.717) is 16.6 Å². The van der Waals surface area contributed by atoms with E-state index in [1.165, 1.54) is 0 Å². The van der Waals surface area contributed by atoms with Crippen molar-refractivity contribution < 1.29 is 5.11 Å². The van der Waals surface area contributed by atoms with Crippen LogP contribution in [-0.2, 0) is 6.54 Å². The highest BCUT2D eigenvalue weighted by Gasteiger charge is 2.09. The zero-order valence-corrected chi connectivity index (χ0v) is 12.3. The Kier molecular flexibility index (Phi) is 4.92. The lowest BCUT2D eigenvalue weighted by atomic mass is 10.1. The smallest absolute Gasteiger partial charge is 0.0804 e. The summed E-state index contributed by atoms with van der Waals surface area (Å²) in [5, 5.41) is 11.3. The van der Waals surface area contributed by atoms with Crippen molar-refractivity contribution in [3.63, 3.8) is 0 Å². The molecule has 0 fully saturated rings. The van der Waals surface area contributed by atoms with Gasteiger partial charge in [0.05, 0.1) is 6.10 Å². The van der Waals surface area contributed by atoms with Gasteiger partial charge in [-0.1, -0.05) is 36.5 Å². The minimum Gasteiger partial charge on any atom is -0.388 e. The van der Waals surface area contributed by atoms with E-state index in [4.69, 9.17) is 23.2 Å². The second-order valence-electron chi connectivity index (χ2n) is 4.66. The third-order valence-electron chi connectivity index (χ3n) is 3.08. The lowest BCUT2D eigenvalue weighted by Crippen LogP contribution is -1.99. The van der Waals surface area contributed by atoms with E-state index in [1.807, 2.05) is 29.1 Å². The number of nitrogens with zero attached hydrogens (tertiary/aromatic N) is 1. The molecule has 0 aliphatic heterocycles. The summed E-state index contributed by atoms with van der Waals surface area (Å²) in [4.78, 5) is 0. The second-order valence-corrected chi connectivity index (χ2v) is 5.50. The number of aliphatic hydroxyl groups is 1. The molecule has 1 N–H and O–H groups in total. The van der Waals surface area contributed by atoms with Crippen molar-refractivity contribution in [2.45, 2.75) is 32.4 Å². The summed E-state index contributed by atoms with van der Waals surface area (Å²) >= 11 is 12.1. The van der Waals surface area contributed by atoms with Crippen LogP contribution in [0.2, 0.25) is 10.0 Å². The fourth-order valence-electron chi connectivity index (χ4n) is 2.06. The van der Waals surface area contributed by atoms with Crippen LogP contribution in [0, 0.1) is 0 Å². The molecule has 2 rings (SSSR count). The number of rotatable bonds is 5. The molecule has 0 spiro atoms. The molecule has 1 heterocycles. The molecule has 1 aromatic carbocycles. The molecule has 0 bridgehead atoms. The Bertz CT molecular complexity index is 551. The van der Waals surface area contributed by atoms with Crippen LogP contribution in [0.25, 0.3) is 0 Å². The molecule has 1 unspecified atom stereocenters. The topological polar surface area (TPSA) is 25.2 Å². The van der Waals surface area contributed by atoms with Crippen LogP contribution in [0.1, 0.15) is 37.0 Å². The first-order valence-corrected chi connectivity index (χ1v) is 7.13. The third-order valence-corrected chi connectivity index (χ3v) is 3.68. The predicted molar refractivity (Wildman–Crippen MR) is 79.9 cm³/mol. The van der Waals surface area contributed by atoms with Gasteiger partial charge in [0.25, 0.3) is 0 Å². The summed E-state index contributed by atoms with van der Waals surface area (Å²) in [6.07, 6.45) is 5.26. The molecule has 2 aromatic rings. The lowest BCUT2D eigenvalue weighted by Gasteiger charge is -2.08. The van der Waals surface area contributed by atoms with E-state index in [2.05, 4.69) is 6.92 Å². The van der Waals surface area contributed by atoms with Crippen LogP contribution < -0.4 is 0 Å². The SMILES string of the molecule is CCCC(O)c1ccn(Cc2cc(Cl)ccc2Cl)c1. The normalized spacial score (nSPS) is 12.6. The quantitative estimate of drug-likeness (QED) is 0.852. The number of hydrogen-bond donors (Lipinski definition) is 1. The van der Waals surface area contributed by atoms with Crippen molar-refractivity contribution in [1.82, 2.24) is 4.57 Å². The first-order valence-electron chi connectivity index (χ1n) is 6.38. The number of aliphatic hydroxyl groups excluding tert-OH is 1. The van der Waals surface area contributed by atoms with Crippen molar-refractivity contribution >= 4 is 23.2 Å². The average Bonchev–Trinajstić information content (AvgIpc) is 2.83. The summed E-state index contributed by atoms with van der Waals surface area (Å²) in [6.45, 7) is 2.71. The van der Waals surface area contributed by atoms with Gasteiger partial charge < -0.3 is 9.67 Å². The Morgan fingerprint density at radius 3 is 2.79 bits per heavy atom. The van der Waals surface area contributed by atoms with Gasteiger partial charge in [-0.25, -0.2) is 0 Å². The van der Waals surface area contributed by atoms with E-state index in [-0.39, 0.29) is 6.10 Å². The molecule has 0 aliphatic rings. The fourth-order valence-corrected chi connectivity index (χ4v) is 2.43. The Morgan fingerprint density at radius 1 is 1.26 bits per heavy atom. The molecular formula is C15H17Cl2NO. The maximum Gasteiger partial charge on any atom is 0.0804 e. The number of benzene rings is 1. The third kappa shape index (κ3) is 3.75. The van der Waals surface area contributed by atoms with Crippen LogP contribution in [-0.4, -0.2) is 9.67 Å². The van der Waals surface area contributed by atoms with Gasteiger partial charge in [-0.2, -0.15) is 0 Å². The highest BCUT2D eigenvalue weighted by Crippen LogP contribution is 2.23. The fraction of sp³-hybridized carbons (Fsp3) is 0.333. The maximum absolute atomic E-state index is 9.94. The molecule has 0 radical (unpaired) electrons. The summed E-state index contributed by atoms with van der Waals surface area (Å²) < 4.78 is 2.01. The summed E-state index contributed by atoms with van der Waals surface area (Å²) in [6, 6.07) is 7.39. The molecule has 0 saturated heterocycles. The largest absolute Gasteiger partial charge is 0.388 e. The van der Waals surface area contributed by atoms with Crippen molar-refractivity contribution in [3.8, 4) is 0 Å². The van der Waals surface area contributed by atoms with Crippen molar-refractivity contribution in [2.75, 3.05) is 0 Å². The lowest BCUT2D eigenvalue weighted by molar-refractivity contribution is 0.166. The standard InChI is InChI=1S/C15H17Cl2NO/c1-2-3-15(19)11-6-7-18(9-11)10-12-8-13(16)4-5-14(12)17/h4-9,15,19H,2-3,10H2,1H3. The van der Waals surface area contributed by atoms with Gasteiger partial charge in [0.1, 0.15) is 0 Å². The Balaban J connectivity index is 2.13. The number of hydrogen-bond acceptors (Lipinski definition) is 1. The van der Waals surface area contributed by atoms with E-state index < -0.39 is 0 Å². The number of halogens is 2. The average molecular weight is 298 g/mol. The van der Waals surface area contributed by atoms with Gasteiger partial charge in [0.2, 0.25) is 0 Å². The Hall–Kier alpha value is -0.960. The maximum atomic E-state index is 9.94. The van der Waals surface area contributed by atoms with Gasteiger partial charge in [-0.3, -0.25) is 0 Å². The zero-order chi connectivity index (χ0) is 13.8. The molecule has 102 valence electrons. The molecule has 0 amide bonds. The van der Waals surface area contributed by atoms with Gasteiger partial charge in [-0.05, 0) is 41.8 Å². The molecule has 19 heavy (non-hydrogen) atoms. The van der Waals surface area contributed by atoms with Crippen molar-refractivity contribution in [1.29, 1.82) is 0 Å². The van der Waals surface area contributed by atoms with E-state index in [0.717, 1.165) is 24.0 Å². The second kappa shape index (κ2) is 6.47. The molecule has 1 aromatic heterocycles. The van der Waals surface area contributed by atoms with Gasteiger partial charge in [0.15, 0.2) is 0 Å². The highest BCUT2D eigenvalue weighted by atomic mass is 35.5. The molecule has 1 atom stereocenters. The molecular weight excluding hydrogens is 281 g/mol. The van der Waals surface area contributed by atoms with E-state index in [1.54, 1.807) is 12.1 Å². The molecule has 0 saturated carbocycles. The van der Waals surface area contributed by atoms with Crippen LogP contribution in [0.4, 0.5) is 0 Å². The molecule has 2 nitrogen and oxygen atoms in total. The first kappa shape index (κ1) is 14.4. The van der Waals surface area contributed by atoms with Gasteiger partial charge in [-0.15, -0.1) is 0 Å². The zero-order valence-electron chi connectivity index (χ0n) is 10.8. The van der Waals surface area contributed by atoms with Gasteiger partial charge in [0, 0.05) is 29.0 Å². The highest BCUT2D eigenvalue weighted by molar-refractivity contribution is 6.33. The first-order chi connectivity index (χ1) is 9.10. The predicted octanol–water partition coefficient (Wildman–Crippen LogP) is 4.68. The van der Waals surface area contributed by atoms with Crippen LogP contribution >= 0.6 is 23.2 Å². The van der Waals surface area contributed by atoms with Gasteiger partial charge >= 0.3 is 0 Å². The van der Waals surface area contributed by atoms with Crippen LogP contribution in [0.15, 0.2) is 36.7 Å². The van der Waals surface area contributed by atoms with Crippen LogP contribution in [0.3, 0.4) is 0 Å². The Morgan fingerprint density at radius 2 is 2.05 bits per heavy atom. The van der Waals surface area contributed by atoms with E-state index >= 15 is 0 Å². The van der Waals surface area contributed by atoms with Crippen LogP contribution in [0.5, 0.6) is 0 Å².